The standard InChI is InChI=1S/C14H15BrF3NO4/c15-10-6-5-9(8-11(10)23-14(16,17)18)13(22)19-7-3-1-2-4-12(20)21/h5-6,8H,1-4,7H2,(H,19,22)(H,20,21). The van der Waals surface area contributed by atoms with Crippen molar-refractivity contribution in [1.82, 2.24) is 5.32 Å². The predicted molar refractivity (Wildman–Crippen MR) is 79.3 cm³/mol. The Morgan fingerprint density at radius 1 is 1.22 bits per heavy atom. The fourth-order valence-electron chi connectivity index (χ4n) is 1.73. The maximum Gasteiger partial charge on any atom is 0.573 e. The molecule has 1 aromatic carbocycles. The van der Waals surface area contributed by atoms with Crippen LogP contribution in [-0.4, -0.2) is 29.9 Å². The summed E-state index contributed by atoms with van der Waals surface area (Å²) < 4.78 is 40.6. The van der Waals surface area contributed by atoms with E-state index in [-0.39, 0.29) is 16.5 Å². The number of aliphatic carboxylic acids is 1. The van der Waals surface area contributed by atoms with Gasteiger partial charge in [0.1, 0.15) is 5.75 Å². The van der Waals surface area contributed by atoms with Crippen LogP contribution in [0.25, 0.3) is 0 Å². The summed E-state index contributed by atoms with van der Waals surface area (Å²) in [5.74, 6) is -1.89. The summed E-state index contributed by atoms with van der Waals surface area (Å²) in [5.41, 5.74) is 0.0398. The smallest absolute Gasteiger partial charge is 0.481 e. The summed E-state index contributed by atoms with van der Waals surface area (Å²) in [6.45, 7) is 0.310. The van der Waals surface area contributed by atoms with Gasteiger partial charge >= 0.3 is 12.3 Å². The topological polar surface area (TPSA) is 75.6 Å². The number of hydrogen-bond donors (Lipinski definition) is 2. The van der Waals surface area contributed by atoms with Crippen molar-refractivity contribution in [1.29, 1.82) is 0 Å². The van der Waals surface area contributed by atoms with Gasteiger partial charge in [-0.3, -0.25) is 9.59 Å². The monoisotopic (exact) mass is 397 g/mol. The van der Waals surface area contributed by atoms with Gasteiger partial charge < -0.3 is 15.2 Å². The zero-order chi connectivity index (χ0) is 17.5. The van der Waals surface area contributed by atoms with Crippen LogP contribution in [0.1, 0.15) is 36.0 Å². The predicted octanol–water partition coefficient (Wildman–Crippen LogP) is 3.72. The maximum atomic E-state index is 12.2. The Balaban J connectivity index is 2.50. The highest BCUT2D eigenvalue weighted by atomic mass is 79.9. The van der Waals surface area contributed by atoms with Gasteiger partial charge in [0.15, 0.2) is 0 Å². The third kappa shape index (κ3) is 7.87. The molecule has 0 saturated carbocycles. The number of benzene rings is 1. The molecule has 0 fully saturated rings. The Bertz CT molecular complexity index is 563. The molecule has 128 valence electrons. The van der Waals surface area contributed by atoms with E-state index in [1.807, 2.05) is 0 Å². The fourth-order valence-corrected chi connectivity index (χ4v) is 2.06. The fraction of sp³-hybridized carbons (Fsp3) is 0.429. The van der Waals surface area contributed by atoms with Crippen molar-refractivity contribution in [3.05, 3.63) is 28.2 Å². The summed E-state index contributed by atoms with van der Waals surface area (Å²) in [6.07, 6.45) is -3.05. The quantitative estimate of drug-likeness (QED) is 0.655. The van der Waals surface area contributed by atoms with Crippen LogP contribution in [-0.2, 0) is 4.79 Å². The second-order valence-corrected chi connectivity index (χ2v) is 5.51. The van der Waals surface area contributed by atoms with Crippen molar-refractivity contribution in [3.63, 3.8) is 0 Å². The van der Waals surface area contributed by atoms with Crippen molar-refractivity contribution in [2.75, 3.05) is 6.54 Å². The Morgan fingerprint density at radius 2 is 1.91 bits per heavy atom. The minimum absolute atomic E-state index is 0.0398. The molecule has 23 heavy (non-hydrogen) atoms. The average Bonchev–Trinajstić information content (AvgIpc) is 2.43. The first-order chi connectivity index (χ1) is 10.7. The van der Waals surface area contributed by atoms with E-state index in [1.165, 1.54) is 12.1 Å². The van der Waals surface area contributed by atoms with Gasteiger partial charge in [0.25, 0.3) is 5.91 Å². The van der Waals surface area contributed by atoms with E-state index < -0.39 is 24.0 Å². The molecule has 0 atom stereocenters. The van der Waals surface area contributed by atoms with Gasteiger partial charge in [0.05, 0.1) is 4.47 Å². The van der Waals surface area contributed by atoms with Gasteiger partial charge in [0, 0.05) is 18.5 Å². The molecule has 0 saturated heterocycles. The van der Waals surface area contributed by atoms with E-state index in [9.17, 15) is 22.8 Å². The first-order valence-corrected chi connectivity index (χ1v) is 7.53. The van der Waals surface area contributed by atoms with E-state index in [1.54, 1.807) is 0 Å². The number of carbonyl (C=O) groups excluding carboxylic acids is 1. The number of carboxylic acids is 1. The SMILES string of the molecule is O=C(O)CCCCCNC(=O)c1ccc(Br)c(OC(F)(F)F)c1. The number of carbonyl (C=O) groups is 2. The number of alkyl halides is 3. The van der Waals surface area contributed by atoms with Crippen LogP contribution >= 0.6 is 15.9 Å². The normalized spacial score (nSPS) is 11.1. The number of nitrogens with one attached hydrogen (secondary N) is 1. The number of halogens is 4. The Morgan fingerprint density at radius 3 is 2.52 bits per heavy atom. The molecule has 0 aliphatic heterocycles. The number of hydrogen-bond acceptors (Lipinski definition) is 3. The molecule has 0 radical (unpaired) electrons. The lowest BCUT2D eigenvalue weighted by Gasteiger charge is -2.12. The zero-order valence-corrected chi connectivity index (χ0v) is 13.5. The number of rotatable bonds is 8. The van der Waals surface area contributed by atoms with E-state index in [0.29, 0.717) is 25.8 Å². The molecule has 0 heterocycles. The van der Waals surface area contributed by atoms with E-state index in [4.69, 9.17) is 5.11 Å². The van der Waals surface area contributed by atoms with Gasteiger partial charge in [0.2, 0.25) is 0 Å². The largest absolute Gasteiger partial charge is 0.573 e. The van der Waals surface area contributed by atoms with Gasteiger partial charge in [-0.25, -0.2) is 0 Å². The minimum atomic E-state index is -4.85. The van der Waals surface area contributed by atoms with Gasteiger partial charge in [-0.15, -0.1) is 13.2 Å². The van der Waals surface area contributed by atoms with E-state index in [0.717, 1.165) is 6.07 Å². The lowest BCUT2D eigenvalue weighted by molar-refractivity contribution is -0.274. The molecule has 1 aromatic rings. The molecular weight excluding hydrogens is 383 g/mol. The molecule has 9 heteroatoms. The third-order valence-electron chi connectivity index (χ3n) is 2.77. The zero-order valence-electron chi connectivity index (χ0n) is 12.0. The summed E-state index contributed by atoms with van der Waals surface area (Å²) in [7, 11) is 0. The summed E-state index contributed by atoms with van der Waals surface area (Å²) in [5, 5.41) is 11.0. The Kier molecular flexibility index (Phi) is 7.34. The first kappa shape index (κ1) is 19.3. The number of amides is 1. The molecule has 0 aliphatic rings. The van der Waals surface area contributed by atoms with Gasteiger partial charge in [-0.2, -0.15) is 0 Å². The van der Waals surface area contributed by atoms with E-state index in [2.05, 4.69) is 26.0 Å². The molecule has 1 rings (SSSR count). The van der Waals surface area contributed by atoms with Crippen LogP contribution in [0.2, 0.25) is 0 Å². The molecular formula is C14H15BrF3NO4. The molecule has 0 aliphatic carbocycles. The van der Waals surface area contributed by atoms with Crippen molar-refractivity contribution >= 4 is 27.8 Å². The van der Waals surface area contributed by atoms with Crippen LogP contribution in [0.5, 0.6) is 5.75 Å². The molecule has 0 unspecified atom stereocenters. The number of ether oxygens (including phenoxy) is 1. The number of carboxylic acid groups (broad SMARTS) is 1. The van der Waals surface area contributed by atoms with Crippen LogP contribution in [0.3, 0.4) is 0 Å². The summed E-state index contributed by atoms with van der Waals surface area (Å²) >= 11 is 2.92. The highest BCUT2D eigenvalue weighted by molar-refractivity contribution is 9.10. The van der Waals surface area contributed by atoms with Crippen LogP contribution in [0.15, 0.2) is 22.7 Å². The lowest BCUT2D eigenvalue weighted by atomic mass is 10.1. The van der Waals surface area contributed by atoms with Crippen molar-refractivity contribution < 1.29 is 32.6 Å². The Hall–Kier alpha value is -1.77. The second kappa shape index (κ2) is 8.76. The lowest BCUT2D eigenvalue weighted by Crippen LogP contribution is -2.25. The van der Waals surface area contributed by atoms with Crippen molar-refractivity contribution in [2.45, 2.75) is 32.0 Å². The highest BCUT2D eigenvalue weighted by Gasteiger charge is 2.32. The minimum Gasteiger partial charge on any atom is -0.481 e. The highest BCUT2D eigenvalue weighted by Crippen LogP contribution is 2.31. The van der Waals surface area contributed by atoms with Crippen LogP contribution < -0.4 is 10.1 Å². The molecule has 2 N–H and O–H groups in total. The van der Waals surface area contributed by atoms with Crippen molar-refractivity contribution in [2.24, 2.45) is 0 Å². The third-order valence-corrected chi connectivity index (χ3v) is 3.43. The van der Waals surface area contributed by atoms with Crippen LogP contribution in [0, 0.1) is 0 Å². The average molecular weight is 398 g/mol. The first-order valence-electron chi connectivity index (χ1n) is 6.74. The molecule has 0 spiro atoms. The maximum absolute atomic E-state index is 12.2. The van der Waals surface area contributed by atoms with Crippen molar-refractivity contribution in [3.8, 4) is 5.75 Å². The second-order valence-electron chi connectivity index (χ2n) is 4.65. The molecule has 1 amide bonds. The Labute approximate surface area is 138 Å². The molecule has 0 bridgehead atoms. The van der Waals surface area contributed by atoms with Crippen LogP contribution in [0.4, 0.5) is 13.2 Å². The summed E-state index contributed by atoms with van der Waals surface area (Å²) in [6, 6.07) is 3.66. The molecule has 5 nitrogen and oxygen atoms in total. The molecule has 0 aromatic heterocycles. The summed E-state index contributed by atoms with van der Waals surface area (Å²) in [4.78, 5) is 22.2. The van der Waals surface area contributed by atoms with Gasteiger partial charge in [-0.05, 0) is 47.0 Å². The number of unbranched alkanes of at least 4 members (excludes halogenated alkanes) is 2. The van der Waals surface area contributed by atoms with Gasteiger partial charge in [-0.1, -0.05) is 6.42 Å². The van der Waals surface area contributed by atoms with E-state index >= 15 is 0 Å².